The third-order valence-electron chi connectivity index (χ3n) is 3.87. The van der Waals surface area contributed by atoms with Crippen LogP contribution in [0.5, 0.6) is 0 Å². The van der Waals surface area contributed by atoms with Gasteiger partial charge in [0.25, 0.3) is 5.91 Å². The molecule has 0 aliphatic rings. The minimum atomic E-state index is -1.02. The van der Waals surface area contributed by atoms with Crippen molar-refractivity contribution < 1.29 is 22.8 Å². The zero-order valence-electron chi connectivity index (χ0n) is 14.5. The van der Waals surface area contributed by atoms with Crippen LogP contribution in [0.25, 0.3) is 5.69 Å². The average Bonchev–Trinajstić information content (AvgIpc) is 3.19. The highest BCUT2D eigenvalue weighted by molar-refractivity contribution is 5.96. The van der Waals surface area contributed by atoms with E-state index in [1.165, 1.54) is 23.2 Å². The van der Waals surface area contributed by atoms with Crippen molar-refractivity contribution in [3.63, 3.8) is 0 Å². The number of halogens is 3. The molecule has 0 radical (unpaired) electrons. The van der Waals surface area contributed by atoms with Gasteiger partial charge in [0, 0.05) is 25.0 Å². The summed E-state index contributed by atoms with van der Waals surface area (Å²) >= 11 is 0. The summed E-state index contributed by atoms with van der Waals surface area (Å²) in [6.45, 7) is -0.369. The van der Waals surface area contributed by atoms with Gasteiger partial charge < -0.3 is 15.2 Å². The normalized spacial score (nSPS) is 10.5. The smallest absolute Gasteiger partial charge is 0.254 e. The van der Waals surface area contributed by atoms with Crippen LogP contribution in [-0.4, -0.2) is 27.9 Å². The van der Waals surface area contributed by atoms with E-state index < -0.39 is 35.8 Å². The number of nitrogens with one attached hydrogen (secondary N) is 2. The average molecular weight is 388 g/mol. The van der Waals surface area contributed by atoms with E-state index in [1.807, 2.05) is 0 Å². The molecule has 0 aliphatic heterocycles. The van der Waals surface area contributed by atoms with Crippen molar-refractivity contribution >= 4 is 11.8 Å². The number of nitrogens with zero attached hydrogens (tertiary/aromatic N) is 2. The van der Waals surface area contributed by atoms with Gasteiger partial charge in [-0.05, 0) is 29.8 Å². The fraction of sp³-hybridized carbons (Fsp3) is 0.105. The second kappa shape index (κ2) is 8.38. The van der Waals surface area contributed by atoms with Crippen molar-refractivity contribution in [1.29, 1.82) is 0 Å². The Balaban J connectivity index is 1.51. The Hall–Kier alpha value is -3.62. The molecule has 2 amide bonds. The molecule has 0 unspecified atom stereocenters. The van der Waals surface area contributed by atoms with Gasteiger partial charge in [-0.2, -0.15) is 0 Å². The fourth-order valence-electron chi connectivity index (χ4n) is 2.46. The van der Waals surface area contributed by atoms with E-state index in [-0.39, 0.29) is 12.1 Å². The molecule has 0 bridgehead atoms. The van der Waals surface area contributed by atoms with Crippen LogP contribution in [-0.2, 0) is 11.3 Å². The van der Waals surface area contributed by atoms with Crippen LogP contribution in [0.4, 0.5) is 13.2 Å². The first-order valence-corrected chi connectivity index (χ1v) is 8.21. The lowest BCUT2D eigenvalue weighted by Crippen LogP contribution is -2.36. The zero-order chi connectivity index (χ0) is 20.1. The molecule has 9 heteroatoms. The van der Waals surface area contributed by atoms with Crippen molar-refractivity contribution in [2.45, 2.75) is 6.54 Å². The lowest BCUT2D eigenvalue weighted by atomic mass is 10.2. The summed E-state index contributed by atoms with van der Waals surface area (Å²) in [4.78, 5) is 27.5. The third-order valence-corrected chi connectivity index (χ3v) is 3.87. The second-order valence-electron chi connectivity index (χ2n) is 5.84. The van der Waals surface area contributed by atoms with Crippen LogP contribution in [0.3, 0.4) is 0 Å². The molecule has 0 spiro atoms. The molecule has 2 aromatic carbocycles. The van der Waals surface area contributed by atoms with E-state index >= 15 is 0 Å². The number of amides is 2. The van der Waals surface area contributed by atoms with Crippen molar-refractivity contribution in [3.05, 3.63) is 83.7 Å². The molecule has 0 saturated heterocycles. The molecule has 2 N–H and O–H groups in total. The summed E-state index contributed by atoms with van der Waals surface area (Å²) in [5, 5.41) is 4.75. The summed E-state index contributed by atoms with van der Waals surface area (Å²) in [5.74, 6) is -3.70. The van der Waals surface area contributed by atoms with E-state index in [2.05, 4.69) is 15.6 Å². The maximum Gasteiger partial charge on any atom is 0.254 e. The molecule has 1 heterocycles. The largest absolute Gasteiger partial charge is 0.350 e. The van der Waals surface area contributed by atoms with Crippen LogP contribution in [0, 0.1) is 17.5 Å². The SMILES string of the molecule is O=C(CNC(=O)c1ccc(F)cc1F)NCc1ccc(-n2ccnc2)c(F)c1. The minimum Gasteiger partial charge on any atom is -0.350 e. The Morgan fingerprint density at radius 3 is 2.50 bits per heavy atom. The van der Waals surface area contributed by atoms with Crippen LogP contribution >= 0.6 is 0 Å². The molecular weight excluding hydrogens is 373 g/mol. The van der Waals surface area contributed by atoms with Gasteiger partial charge in [-0.25, -0.2) is 18.2 Å². The van der Waals surface area contributed by atoms with E-state index in [9.17, 15) is 22.8 Å². The summed E-state index contributed by atoms with van der Waals surface area (Å²) in [7, 11) is 0. The summed E-state index contributed by atoms with van der Waals surface area (Å²) in [6, 6.07) is 6.99. The van der Waals surface area contributed by atoms with E-state index in [4.69, 9.17) is 0 Å². The summed E-state index contributed by atoms with van der Waals surface area (Å²) in [5.41, 5.74) is 0.471. The van der Waals surface area contributed by atoms with E-state index in [0.717, 1.165) is 12.1 Å². The highest BCUT2D eigenvalue weighted by atomic mass is 19.1. The number of aromatic nitrogens is 2. The number of benzene rings is 2. The van der Waals surface area contributed by atoms with Gasteiger partial charge in [0.15, 0.2) is 0 Å². The van der Waals surface area contributed by atoms with Crippen LogP contribution < -0.4 is 10.6 Å². The molecule has 6 nitrogen and oxygen atoms in total. The Morgan fingerprint density at radius 2 is 1.82 bits per heavy atom. The quantitative estimate of drug-likeness (QED) is 0.681. The summed E-state index contributed by atoms with van der Waals surface area (Å²) < 4.78 is 42.1. The number of hydrogen-bond acceptors (Lipinski definition) is 3. The van der Waals surface area contributed by atoms with Gasteiger partial charge in [0.05, 0.1) is 24.1 Å². The molecule has 3 rings (SSSR count). The standard InChI is InChI=1S/C19H15F3N4O2/c20-13-2-3-14(15(21)8-13)19(28)25-10-18(27)24-9-12-1-4-17(16(22)7-12)26-6-5-23-11-26/h1-8,11H,9-10H2,(H,24,27)(H,25,28). The Bertz CT molecular complexity index is 1010. The van der Waals surface area contributed by atoms with Gasteiger partial charge in [-0.15, -0.1) is 0 Å². The lowest BCUT2D eigenvalue weighted by molar-refractivity contribution is -0.120. The van der Waals surface area contributed by atoms with Crippen LogP contribution in [0.15, 0.2) is 55.1 Å². The number of carbonyl (C=O) groups excluding carboxylic acids is 2. The van der Waals surface area contributed by atoms with Crippen LogP contribution in [0.2, 0.25) is 0 Å². The Morgan fingerprint density at radius 1 is 1.00 bits per heavy atom. The molecule has 1 aromatic heterocycles. The molecule has 0 atom stereocenters. The number of rotatable bonds is 6. The molecule has 28 heavy (non-hydrogen) atoms. The maximum atomic E-state index is 14.2. The van der Waals surface area contributed by atoms with Gasteiger partial charge in [-0.3, -0.25) is 9.59 Å². The monoisotopic (exact) mass is 388 g/mol. The predicted octanol–water partition coefficient (Wildman–Crippen LogP) is 2.34. The van der Waals surface area contributed by atoms with Crippen molar-refractivity contribution in [2.24, 2.45) is 0 Å². The molecule has 144 valence electrons. The molecule has 0 fully saturated rings. The molecule has 3 aromatic rings. The zero-order valence-corrected chi connectivity index (χ0v) is 14.5. The minimum absolute atomic E-state index is 0.0424. The Labute approximate surface area is 158 Å². The van der Waals surface area contributed by atoms with Gasteiger partial charge >= 0.3 is 0 Å². The van der Waals surface area contributed by atoms with Gasteiger partial charge in [0.2, 0.25) is 5.91 Å². The topological polar surface area (TPSA) is 76.0 Å². The first-order valence-electron chi connectivity index (χ1n) is 8.21. The highest BCUT2D eigenvalue weighted by Crippen LogP contribution is 2.15. The summed E-state index contributed by atoms with van der Waals surface area (Å²) in [6.07, 6.45) is 4.60. The van der Waals surface area contributed by atoms with E-state index in [0.29, 0.717) is 17.3 Å². The molecule has 0 aliphatic carbocycles. The van der Waals surface area contributed by atoms with Crippen molar-refractivity contribution in [3.8, 4) is 5.69 Å². The molecular formula is C19H15F3N4O2. The maximum absolute atomic E-state index is 14.2. The number of hydrogen-bond donors (Lipinski definition) is 2. The third kappa shape index (κ3) is 4.56. The fourth-order valence-corrected chi connectivity index (χ4v) is 2.46. The molecule has 0 saturated carbocycles. The second-order valence-corrected chi connectivity index (χ2v) is 5.84. The first kappa shape index (κ1) is 19.2. The Kier molecular flexibility index (Phi) is 5.73. The van der Waals surface area contributed by atoms with Crippen molar-refractivity contribution in [1.82, 2.24) is 20.2 Å². The van der Waals surface area contributed by atoms with Gasteiger partial charge in [0.1, 0.15) is 17.5 Å². The lowest BCUT2D eigenvalue weighted by Gasteiger charge is -2.09. The number of carbonyl (C=O) groups is 2. The first-order chi connectivity index (χ1) is 13.4. The van der Waals surface area contributed by atoms with Crippen molar-refractivity contribution in [2.75, 3.05) is 6.54 Å². The van der Waals surface area contributed by atoms with E-state index in [1.54, 1.807) is 18.3 Å². The van der Waals surface area contributed by atoms with Crippen LogP contribution in [0.1, 0.15) is 15.9 Å². The predicted molar refractivity (Wildman–Crippen MR) is 94.1 cm³/mol. The highest BCUT2D eigenvalue weighted by Gasteiger charge is 2.13. The number of imidazole rings is 1. The van der Waals surface area contributed by atoms with Gasteiger partial charge in [-0.1, -0.05) is 6.07 Å².